The van der Waals surface area contributed by atoms with Crippen molar-refractivity contribution in [3.8, 4) is 0 Å². The minimum absolute atomic E-state index is 0.0609. The summed E-state index contributed by atoms with van der Waals surface area (Å²) in [5.74, 6) is -0.558. The highest BCUT2D eigenvalue weighted by Gasteiger charge is 2.43. The van der Waals surface area contributed by atoms with Crippen LogP contribution in [0.15, 0.2) is 18.2 Å². The van der Waals surface area contributed by atoms with Crippen LogP contribution < -0.4 is 10.6 Å². The fourth-order valence-corrected chi connectivity index (χ4v) is 3.93. The van der Waals surface area contributed by atoms with Crippen LogP contribution in [-0.4, -0.2) is 52.3 Å². The monoisotopic (exact) mass is 507 g/mol. The van der Waals surface area contributed by atoms with Crippen LogP contribution in [0, 0.1) is 13.8 Å². The zero-order chi connectivity index (χ0) is 27.0. The predicted molar refractivity (Wildman–Crippen MR) is 145 cm³/mol. The first-order chi connectivity index (χ1) is 16.2. The maximum atomic E-state index is 14.1. The fourth-order valence-electron chi connectivity index (χ4n) is 3.69. The summed E-state index contributed by atoms with van der Waals surface area (Å²) in [7, 11) is 0. The van der Waals surface area contributed by atoms with Crippen LogP contribution in [-0.2, 0) is 14.3 Å². The number of hydrogen-bond acceptors (Lipinski definition) is 5. The van der Waals surface area contributed by atoms with Gasteiger partial charge >= 0.3 is 6.09 Å². The van der Waals surface area contributed by atoms with Crippen LogP contribution in [0.1, 0.15) is 90.5 Å². The quantitative estimate of drug-likeness (QED) is 0.287. The van der Waals surface area contributed by atoms with Gasteiger partial charge in [-0.05, 0) is 72.4 Å². The number of unbranched alkanes of at least 4 members (excludes halogenated alkanes) is 1. The molecule has 198 valence electrons. The number of thiol groups is 1. The summed E-state index contributed by atoms with van der Waals surface area (Å²) in [6.07, 6.45) is 1.69. The molecule has 0 aromatic heterocycles. The third-order valence-corrected chi connectivity index (χ3v) is 6.36. The van der Waals surface area contributed by atoms with Gasteiger partial charge in [0.1, 0.15) is 17.7 Å². The van der Waals surface area contributed by atoms with E-state index in [-0.39, 0.29) is 17.6 Å². The maximum Gasteiger partial charge on any atom is 0.408 e. The molecule has 2 atom stereocenters. The normalized spacial score (nSPS) is 13.5. The molecule has 7 nitrogen and oxygen atoms in total. The third kappa shape index (κ3) is 9.06. The molecule has 3 amide bonds. The standard InChI is InChI=1S/C27H45N3O4S/c1-10-12-15-28-23(31)22(20-16-18(3)13-14-19(20)4)30(27(8,9)11-2)24(32)21(17-35)29-25(33)34-26(5,6)7/h13-14,16,21-22,35H,10-12,15,17H2,1-9H3,(H,28,31)(H,29,33). The number of carbonyl (C=O) groups is 3. The number of carbonyl (C=O) groups excluding carboxylic acids is 3. The van der Waals surface area contributed by atoms with Crippen LogP contribution in [0.3, 0.4) is 0 Å². The first-order valence-corrected chi connectivity index (χ1v) is 13.1. The predicted octanol–water partition coefficient (Wildman–Crippen LogP) is 5.10. The first kappa shape index (κ1) is 30.8. The number of amides is 3. The number of nitrogens with zero attached hydrogens (tertiary/aromatic N) is 1. The van der Waals surface area contributed by atoms with Gasteiger partial charge < -0.3 is 20.3 Å². The fraction of sp³-hybridized carbons (Fsp3) is 0.667. The van der Waals surface area contributed by atoms with Crippen LogP contribution >= 0.6 is 12.6 Å². The Balaban J connectivity index is 3.58. The SMILES string of the molecule is CCCCNC(=O)C(c1cc(C)ccc1C)N(C(=O)C(CS)NC(=O)OC(C)(C)C)C(C)(C)CC. The Morgan fingerprint density at radius 2 is 1.71 bits per heavy atom. The lowest BCUT2D eigenvalue weighted by atomic mass is 9.90. The highest BCUT2D eigenvalue weighted by Crippen LogP contribution is 2.34. The number of rotatable bonds is 11. The minimum atomic E-state index is -0.963. The van der Waals surface area contributed by atoms with E-state index in [1.807, 2.05) is 52.8 Å². The van der Waals surface area contributed by atoms with Crippen molar-refractivity contribution in [2.45, 2.75) is 105 Å². The van der Waals surface area contributed by atoms with E-state index in [2.05, 4.69) is 30.2 Å². The second-order valence-corrected chi connectivity index (χ2v) is 11.0. The van der Waals surface area contributed by atoms with Crippen molar-refractivity contribution in [1.82, 2.24) is 15.5 Å². The van der Waals surface area contributed by atoms with Crippen molar-refractivity contribution in [2.75, 3.05) is 12.3 Å². The number of ether oxygens (including phenoxy) is 1. The molecule has 8 heteroatoms. The molecule has 0 radical (unpaired) electrons. The Hall–Kier alpha value is -2.22. The lowest BCUT2D eigenvalue weighted by molar-refractivity contribution is -0.148. The van der Waals surface area contributed by atoms with Crippen molar-refractivity contribution in [3.05, 3.63) is 34.9 Å². The van der Waals surface area contributed by atoms with E-state index in [1.165, 1.54) is 0 Å². The topological polar surface area (TPSA) is 87.7 Å². The zero-order valence-electron chi connectivity index (χ0n) is 22.9. The van der Waals surface area contributed by atoms with Crippen LogP contribution in [0.4, 0.5) is 4.79 Å². The van der Waals surface area contributed by atoms with Gasteiger partial charge in [0.15, 0.2) is 0 Å². The Kier molecular flexibility index (Phi) is 11.6. The molecule has 2 N–H and O–H groups in total. The first-order valence-electron chi connectivity index (χ1n) is 12.5. The minimum Gasteiger partial charge on any atom is -0.444 e. The summed E-state index contributed by atoms with van der Waals surface area (Å²) < 4.78 is 5.37. The van der Waals surface area contributed by atoms with Crippen LogP contribution in [0.5, 0.6) is 0 Å². The second kappa shape index (κ2) is 13.2. The average Bonchev–Trinajstić information content (AvgIpc) is 2.75. The van der Waals surface area contributed by atoms with E-state index in [4.69, 9.17) is 4.74 Å². The van der Waals surface area contributed by atoms with Gasteiger partial charge in [0.25, 0.3) is 0 Å². The molecule has 0 heterocycles. The van der Waals surface area contributed by atoms with Crippen molar-refractivity contribution < 1.29 is 19.1 Å². The van der Waals surface area contributed by atoms with Crippen molar-refractivity contribution >= 4 is 30.5 Å². The van der Waals surface area contributed by atoms with Crippen molar-refractivity contribution in [1.29, 1.82) is 0 Å². The van der Waals surface area contributed by atoms with Gasteiger partial charge in [0.05, 0.1) is 0 Å². The maximum absolute atomic E-state index is 14.1. The largest absolute Gasteiger partial charge is 0.444 e. The summed E-state index contributed by atoms with van der Waals surface area (Å²) >= 11 is 4.36. The second-order valence-electron chi connectivity index (χ2n) is 10.7. The van der Waals surface area contributed by atoms with E-state index in [1.54, 1.807) is 25.7 Å². The van der Waals surface area contributed by atoms with Crippen molar-refractivity contribution in [2.24, 2.45) is 0 Å². The molecule has 1 rings (SSSR count). The smallest absolute Gasteiger partial charge is 0.408 e. The molecule has 0 aliphatic rings. The summed E-state index contributed by atoms with van der Waals surface area (Å²) in [6.45, 7) is 17.6. The lowest BCUT2D eigenvalue weighted by Crippen LogP contribution is -2.60. The molecule has 0 aliphatic carbocycles. The summed E-state index contributed by atoms with van der Waals surface area (Å²) in [5.41, 5.74) is 1.28. The highest BCUT2D eigenvalue weighted by molar-refractivity contribution is 7.80. The molecule has 0 spiro atoms. The average molecular weight is 508 g/mol. The molecule has 0 aliphatic heterocycles. The Bertz CT molecular complexity index is 880. The van der Waals surface area contributed by atoms with E-state index in [9.17, 15) is 14.4 Å². The number of hydrogen-bond donors (Lipinski definition) is 3. The van der Waals surface area contributed by atoms with Gasteiger partial charge in [-0.2, -0.15) is 12.6 Å². The number of aryl methyl sites for hydroxylation is 2. The van der Waals surface area contributed by atoms with Crippen LogP contribution in [0.2, 0.25) is 0 Å². The summed E-state index contributed by atoms with van der Waals surface area (Å²) in [6, 6.07) is 4.09. The van der Waals surface area contributed by atoms with E-state index in [0.29, 0.717) is 13.0 Å². The van der Waals surface area contributed by atoms with E-state index < -0.39 is 29.3 Å². The van der Waals surface area contributed by atoms with Gasteiger partial charge in [0.2, 0.25) is 11.8 Å². The molecule has 0 saturated carbocycles. The molecule has 0 fully saturated rings. The van der Waals surface area contributed by atoms with Gasteiger partial charge in [-0.3, -0.25) is 9.59 Å². The highest BCUT2D eigenvalue weighted by atomic mass is 32.1. The number of benzene rings is 1. The number of nitrogens with one attached hydrogen (secondary N) is 2. The molecule has 1 aromatic carbocycles. The summed E-state index contributed by atoms with van der Waals surface area (Å²) in [5, 5.41) is 5.69. The number of alkyl carbamates (subject to hydrolysis) is 1. The Morgan fingerprint density at radius 3 is 2.23 bits per heavy atom. The molecule has 2 unspecified atom stereocenters. The zero-order valence-corrected chi connectivity index (χ0v) is 23.8. The van der Waals surface area contributed by atoms with Gasteiger partial charge in [-0.25, -0.2) is 4.79 Å². The summed E-state index contributed by atoms with van der Waals surface area (Å²) in [4.78, 5) is 41.9. The van der Waals surface area contributed by atoms with Gasteiger partial charge in [-0.15, -0.1) is 0 Å². The lowest BCUT2D eigenvalue weighted by Gasteiger charge is -2.45. The third-order valence-electron chi connectivity index (χ3n) is 5.99. The van der Waals surface area contributed by atoms with Crippen molar-refractivity contribution in [3.63, 3.8) is 0 Å². The molecular weight excluding hydrogens is 462 g/mol. The molecule has 1 aromatic rings. The van der Waals surface area contributed by atoms with E-state index in [0.717, 1.165) is 29.5 Å². The molecule has 35 heavy (non-hydrogen) atoms. The van der Waals surface area contributed by atoms with Gasteiger partial charge in [0, 0.05) is 17.8 Å². The Morgan fingerprint density at radius 1 is 1.09 bits per heavy atom. The van der Waals surface area contributed by atoms with Gasteiger partial charge in [-0.1, -0.05) is 44.0 Å². The Labute approximate surface area is 217 Å². The van der Waals surface area contributed by atoms with Crippen LogP contribution in [0.25, 0.3) is 0 Å². The molecule has 0 bridgehead atoms. The molecule has 0 saturated heterocycles. The molecular formula is C27H45N3O4S. The van der Waals surface area contributed by atoms with E-state index >= 15 is 0 Å².